The Morgan fingerprint density at radius 1 is 1.32 bits per heavy atom. The molecule has 106 valence electrons. The first-order chi connectivity index (χ1) is 9.20. The molecule has 2 rings (SSSR count). The standard InChI is InChI=1S/C14H24N4O/c1-16(7-2-6-15)14(19)5-8-17-9-11-18(12-10-17)13-3-4-13/h13H,2-5,7-12H2,1H3. The van der Waals surface area contributed by atoms with Gasteiger partial charge in [-0.05, 0) is 12.8 Å². The average Bonchev–Trinajstić information content (AvgIpc) is 3.27. The van der Waals surface area contributed by atoms with Crippen molar-refractivity contribution in [2.45, 2.75) is 31.7 Å². The maximum absolute atomic E-state index is 11.9. The highest BCUT2D eigenvalue weighted by atomic mass is 16.2. The zero-order chi connectivity index (χ0) is 13.7. The molecule has 1 amide bonds. The van der Waals surface area contributed by atoms with Crippen molar-refractivity contribution in [3.63, 3.8) is 0 Å². The fraction of sp³-hybridized carbons (Fsp3) is 0.857. The second-order valence-electron chi connectivity index (χ2n) is 5.58. The lowest BCUT2D eigenvalue weighted by Gasteiger charge is -2.34. The van der Waals surface area contributed by atoms with E-state index in [0.717, 1.165) is 38.8 Å². The van der Waals surface area contributed by atoms with Crippen LogP contribution in [0.3, 0.4) is 0 Å². The maximum atomic E-state index is 11.9. The van der Waals surface area contributed by atoms with Gasteiger partial charge in [0.2, 0.25) is 5.91 Å². The molecule has 0 aromatic heterocycles. The molecule has 0 aromatic carbocycles. The first-order valence-corrected chi connectivity index (χ1v) is 7.28. The summed E-state index contributed by atoms with van der Waals surface area (Å²) >= 11 is 0. The predicted octanol–water partition coefficient (Wildman–Crippen LogP) is 0.529. The van der Waals surface area contributed by atoms with E-state index in [0.29, 0.717) is 19.4 Å². The Hall–Kier alpha value is -1.12. The first-order valence-electron chi connectivity index (χ1n) is 7.28. The van der Waals surface area contributed by atoms with E-state index in [9.17, 15) is 4.79 Å². The highest BCUT2D eigenvalue weighted by Crippen LogP contribution is 2.27. The van der Waals surface area contributed by atoms with Crippen molar-refractivity contribution in [3.8, 4) is 6.07 Å². The van der Waals surface area contributed by atoms with Crippen LogP contribution in [0.2, 0.25) is 0 Å². The monoisotopic (exact) mass is 264 g/mol. The van der Waals surface area contributed by atoms with Gasteiger partial charge in [0.15, 0.2) is 0 Å². The number of amides is 1. The van der Waals surface area contributed by atoms with Crippen molar-refractivity contribution in [2.24, 2.45) is 0 Å². The van der Waals surface area contributed by atoms with Crippen LogP contribution in [0, 0.1) is 11.3 Å². The molecule has 0 atom stereocenters. The molecule has 1 aliphatic carbocycles. The number of nitrogens with zero attached hydrogens (tertiary/aromatic N) is 4. The summed E-state index contributed by atoms with van der Waals surface area (Å²) < 4.78 is 0. The van der Waals surface area contributed by atoms with Gasteiger partial charge in [0.25, 0.3) is 0 Å². The molecule has 5 nitrogen and oxygen atoms in total. The van der Waals surface area contributed by atoms with Crippen LogP contribution in [0.25, 0.3) is 0 Å². The van der Waals surface area contributed by atoms with Crippen molar-refractivity contribution >= 4 is 5.91 Å². The molecule has 0 unspecified atom stereocenters. The summed E-state index contributed by atoms with van der Waals surface area (Å²) in [5, 5.41) is 8.50. The smallest absolute Gasteiger partial charge is 0.223 e. The molecular formula is C14H24N4O. The van der Waals surface area contributed by atoms with E-state index in [1.807, 2.05) is 0 Å². The van der Waals surface area contributed by atoms with Gasteiger partial charge in [-0.2, -0.15) is 5.26 Å². The summed E-state index contributed by atoms with van der Waals surface area (Å²) in [6.45, 7) is 5.89. The molecule has 1 saturated heterocycles. The molecule has 2 aliphatic rings. The summed E-state index contributed by atoms with van der Waals surface area (Å²) in [6, 6.07) is 2.93. The highest BCUT2D eigenvalue weighted by molar-refractivity contribution is 5.76. The van der Waals surface area contributed by atoms with Crippen molar-refractivity contribution < 1.29 is 4.79 Å². The summed E-state index contributed by atoms with van der Waals surface area (Å²) in [4.78, 5) is 18.5. The van der Waals surface area contributed by atoms with Crippen LogP contribution in [0.4, 0.5) is 0 Å². The SMILES string of the molecule is CN(CCC#N)C(=O)CCN1CCN(C2CC2)CC1. The Balaban J connectivity index is 1.60. The predicted molar refractivity (Wildman–Crippen MR) is 73.5 cm³/mol. The number of carbonyl (C=O) groups is 1. The van der Waals surface area contributed by atoms with E-state index in [4.69, 9.17) is 5.26 Å². The lowest BCUT2D eigenvalue weighted by atomic mass is 10.2. The lowest BCUT2D eigenvalue weighted by molar-refractivity contribution is -0.130. The molecule has 0 bridgehead atoms. The molecule has 1 aliphatic heterocycles. The Kier molecular flexibility index (Phi) is 5.17. The molecule has 0 radical (unpaired) electrons. The van der Waals surface area contributed by atoms with Crippen LogP contribution < -0.4 is 0 Å². The van der Waals surface area contributed by atoms with Gasteiger partial charge in [0.1, 0.15) is 0 Å². The van der Waals surface area contributed by atoms with Crippen LogP contribution in [-0.2, 0) is 4.79 Å². The normalized spacial score (nSPS) is 21.1. The number of nitriles is 1. The van der Waals surface area contributed by atoms with Crippen LogP contribution in [0.5, 0.6) is 0 Å². The molecule has 1 saturated carbocycles. The Labute approximate surface area is 115 Å². The number of rotatable bonds is 6. The van der Waals surface area contributed by atoms with Crippen LogP contribution in [0.1, 0.15) is 25.7 Å². The topological polar surface area (TPSA) is 50.6 Å². The van der Waals surface area contributed by atoms with Crippen molar-refractivity contribution in [2.75, 3.05) is 46.3 Å². The second kappa shape index (κ2) is 6.88. The van der Waals surface area contributed by atoms with Gasteiger partial charge in [-0.25, -0.2) is 0 Å². The molecule has 5 heteroatoms. The Bertz CT molecular complexity index is 340. The second-order valence-corrected chi connectivity index (χ2v) is 5.58. The molecule has 1 heterocycles. The molecule has 0 spiro atoms. The molecule has 2 fully saturated rings. The number of carbonyl (C=O) groups excluding carboxylic acids is 1. The van der Waals surface area contributed by atoms with Gasteiger partial charge >= 0.3 is 0 Å². The van der Waals surface area contributed by atoms with E-state index >= 15 is 0 Å². The quantitative estimate of drug-likeness (QED) is 0.702. The van der Waals surface area contributed by atoms with Gasteiger partial charge in [0, 0.05) is 58.8 Å². The number of hydrogen-bond donors (Lipinski definition) is 0. The largest absolute Gasteiger partial charge is 0.345 e. The third-order valence-electron chi connectivity index (χ3n) is 4.10. The first kappa shape index (κ1) is 14.3. The van der Waals surface area contributed by atoms with E-state index in [1.165, 1.54) is 12.8 Å². The van der Waals surface area contributed by atoms with Crippen molar-refractivity contribution in [3.05, 3.63) is 0 Å². The van der Waals surface area contributed by atoms with E-state index in [1.54, 1.807) is 11.9 Å². The minimum absolute atomic E-state index is 0.153. The summed E-state index contributed by atoms with van der Waals surface area (Å²) in [7, 11) is 1.78. The third-order valence-corrected chi connectivity index (χ3v) is 4.10. The fourth-order valence-electron chi connectivity index (χ4n) is 2.58. The molecular weight excluding hydrogens is 240 g/mol. The zero-order valence-corrected chi connectivity index (χ0v) is 11.8. The maximum Gasteiger partial charge on any atom is 0.223 e. The van der Waals surface area contributed by atoms with Crippen LogP contribution in [-0.4, -0.2) is 73.0 Å². The van der Waals surface area contributed by atoms with Gasteiger partial charge in [-0.15, -0.1) is 0 Å². The minimum Gasteiger partial charge on any atom is -0.345 e. The Morgan fingerprint density at radius 3 is 2.58 bits per heavy atom. The van der Waals surface area contributed by atoms with Crippen molar-refractivity contribution in [1.29, 1.82) is 5.26 Å². The van der Waals surface area contributed by atoms with Gasteiger partial charge in [-0.1, -0.05) is 0 Å². The fourth-order valence-corrected chi connectivity index (χ4v) is 2.58. The summed E-state index contributed by atoms with van der Waals surface area (Å²) in [5.74, 6) is 0.153. The van der Waals surface area contributed by atoms with Gasteiger partial charge in [0.05, 0.1) is 12.5 Å². The van der Waals surface area contributed by atoms with Gasteiger partial charge < -0.3 is 9.80 Å². The zero-order valence-electron chi connectivity index (χ0n) is 11.8. The highest BCUT2D eigenvalue weighted by Gasteiger charge is 2.31. The van der Waals surface area contributed by atoms with Crippen molar-refractivity contribution in [1.82, 2.24) is 14.7 Å². The lowest BCUT2D eigenvalue weighted by Crippen LogP contribution is -2.47. The summed E-state index contributed by atoms with van der Waals surface area (Å²) in [6.07, 6.45) is 3.75. The van der Waals surface area contributed by atoms with E-state index in [2.05, 4.69) is 15.9 Å². The van der Waals surface area contributed by atoms with E-state index in [-0.39, 0.29) is 5.91 Å². The molecule has 0 aromatic rings. The molecule has 19 heavy (non-hydrogen) atoms. The third kappa shape index (κ3) is 4.48. The minimum atomic E-state index is 0.153. The summed E-state index contributed by atoms with van der Waals surface area (Å²) in [5.41, 5.74) is 0. The van der Waals surface area contributed by atoms with Crippen LogP contribution >= 0.6 is 0 Å². The van der Waals surface area contributed by atoms with E-state index < -0.39 is 0 Å². The van der Waals surface area contributed by atoms with Crippen LogP contribution in [0.15, 0.2) is 0 Å². The van der Waals surface area contributed by atoms with Gasteiger partial charge in [-0.3, -0.25) is 9.69 Å². The average molecular weight is 264 g/mol. The molecule has 0 N–H and O–H groups in total. The number of piperazine rings is 1. The number of hydrogen-bond acceptors (Lipinski definition) is 4. The Morgan fingerprint density at radius 2 is 2.00 bits per heavy atom.